The summed E-state index contributed by atoms with van der Waals surface area (Å²) in [7, 11) is -2.04. The molecule has 7 heteroatoms. The molecule has 0 bridgehead atoms. The van der Waals surface area contributed by atoms with Gasteiger partial charge in [-0.05, 0) is 37.3 Å². The van der Waals surface area contributed by atoms with Gasteiger partial charge in [0.2, 0.25) is 10.0 Å². The van der Waals surface area contributed by atoms with Crippen molar-refractivity contribution in [3.8, 4) is 0 Å². The molecule has 0 heterocycles. The smallest absolute Gasteiger partial charge is 0.244 e. The Labute approximate surface area is 130 Å². The summed E-state index contributed by atoms with van der Waals surface area (Å²) in [6.07, 6.45) is 2.70. The predicted octanol–water partition coefficient (Wildman–Crippen LogP) is 2.99. The number of anilines is 1. The molecule has 0 saturated carbocycles. The number of aryl methyl sites for hydroxylation is 1. The van der Waals surface area contributed by atoms with Gasteiger partial charge in [0.15, 0.2) is 0 Å². The SMILES string of the molecule is CCC(CSC)N(C)S(=O)(=O)c1cc(N)c(C)cc1Cl. The third-order valence-electron chi connectivity index (χ3n) is 3.32. The Morgan fingerprint density at radius 3 is 2.55 bits per heavy atom. The Kier molecular flexibility index (Phi) is 6.19. The summed E-state index contributed by atoms with van der Waals surface area (Å²) in [4.78, 5) is 0.0734. The second-order valence-corrected chi connectivity index (χ2v) is 7.96. The third-order valence-corrected chi connectivity index (χ3v) is 6.41. The number of sulfonamides is 1. The van der Waals surface area contributed by atoms with Crippen molar-refractivity contribution in [2.45, 2.75) is 31.2 Å². The first-order chi connectivity index (χ1) is 9.25. The van der Waals surface area contributed by atoms with Crippen LogP contribution in [0.2, 0.25) is 5.02 Å². The molecule has 4 nitrogen and oxygen atoms in total. The van der Waals surface area contributed by atoms with Crippen LogP contribution in [0.4, 0.5) is 5.69 Å². The van der Waals surface area contributed by atoms with E-state index in [0.717, 1.165) is 17.7 Å². The van der Waals surface area contributed by atoms with E-state index < -0.39 is 10.0 Å². The topological polar surface area (TPSA) is 63.4 Å². The number of rotatable bonds is 6. The lowest BCUT2D eigenvalue weighted by molar-refractivity contribution is 0.385. The van der Waals surface area contributed by atoms with E-state index in [0.29, 0.717) is 5.69 Å². The Bertz CT molecular complexity index is 576. The van der Waals surface area contributed by atoms with Crippen LogP contribution in [0.15, 0.2) is 17.0 Å². The fourth-order valence-electron chi connectivity index (χ4n) is 1.89. The summed E-state index contributed by atoms with van der Waals surface area (Å²) in [5, 5.41) is 0.211. The molecular formula is C13H21ClN2O2S2. The molecule has 0 amide bonds. The highest BCUT2D eigenvalue weighted by atomic mass is 35.5. The van der Waals surface area contributed by atoms with E-state index in [9.17, 15) is 8.42 Å². The van der Waals surface area contributed by atoms with Gasteiger partial charge in [-0.25, -0.2) is 8.42 Å². The summed E-state index contributed by atoms with van der Waals surface area (Å²) in [6.45, 7) is 3.77. The van der Waals surface area contributed by atoms with Crippen LogP contribution in [0.3, 0.4) is 0 Å². The maximum absolute atomic E-state index is 12.7. The van der Waals surface area contributed by atoms with Gasteiger partial charge in [-0.1, -0.05) is 18.5 Å². The highest BCUT2D eigenvalue weighted by molar-refractivity contribution is 7.98. The Morgan fingerprint density at radius 2 is 2.05 bits per heavy atom. The van der Waals surface area contributed by atoms with Crippen LogP contribution in [0.25, 0.3) is 0 Å². The van der Waals surface area contributed by atoms with Gasteiger partial charge < -0.3 is 5.73 Å². The number of halogens is 1. The molecule has 0 aliphatic carbocycles. The average molecular weight is 337 g/mol. The highest BCUT2D eigenvalue weighted by Gasteiger charge is 2.29. The molecular weight excluding hydrogens is 316 g/mol. The van der Waals surface area contributed by atoms with E-state index in [4.69, 9.17) is 17.3 Å². The van der Waals surface area contributed by atoms with E-state index in [1.54, 1.807) is 31.8 Å². The highest BCUT2D eigenvalue weighted by Crippen LogP contribution is 2.30. The Morgan fingerprint density at radius 1 is 1.45 bits per heavy atom. The van der Waals surface area contributed by atoms with E-state index in [1.807, 2.05) is 13.2 Å². The zero-order chi connectivity index (χ0) is 15.5. The fraction of sp³-hybridized carbons (Fsp3) is 0.538. The first-order valence-electron chi connectivity index (χ1n) is 6.28. The second-order valence-electron chi connectivity index (χ2n) is 4.68. The van der Waals surface area contributed by atoms with E-state index in [1.165, 1.54) is 10.4 Å². The maximum atomic E-state index is 12.7. The van der Waals surface area contributed by atoms with Crippen molar-refractivity contribution in [2.75, 3.05) is 24.8 Å². The quantitative estimate of drug-likeness (QED) is 0.811. The van der Waals surface area contributed by atoms with Gasteiger partial charge in [0, 0.05) is 24.5 Å². The average Bonchev–Trinajstić information content (AvgIpc) is 2.39. The van der Waals surface area contributed by atoms with Crippen molar-refractivity contribution in [1.29, 1.82) is 0 Å². The van der Waals surface area contributed by atoms with E-state index in [-0.39, 0.29) is 16.0 Å². The molecule has 2 N–H and O–H groups in total. The number of nitrogen functional groups attached to an aromatic ring is 1. The minimum atomic E-state index is -3.63. The van der Waals surface area contributed by atoms with Crippen LogP contribution in [0.1, 0.15) is 18.9 Å². The second kappa shape index (κ2) is 7.02. The molecule has 1 unspecified atom stereocenters. The van der Waals surface area contributed by atoms with Crippen LogP contribution in [-0.2, 0) is 10.0 Å². The molecule has 0 aliphatic heterocycles. The Hall–Kier alpha value is -0.430. The Balaban J connectivity index is 3.26. The lowest BCUT2D eigenvalue weighted by Crippen LogP contribution is -2.38. The molecule has 114 valence electrons. The van der Waals surface area contributed by atoms with Crippen molar-refractivity contribution in [3.05, 3.63) is 22.7 Å². The van der Waals surface area contributed by atoms with Gasteiger partial charge in [-0.2, -0.15) is 16.1 Å². The van der Waals surface area contributed by atoms with Crippen LogP contribution in [0, 0.1) is 6.92 Å². The lowest BCUT2D eigenvalue weighted by atomic mass is 10.2. The molecule has 0 radical (unpaired) electrons. The van der Waals surface area contributed by atoms with Gasteiger partial charge in [0.1, 0.15) is 4.90 Å². The van der Waals surface area contributed by atoms with Crippen molar-refractivity contribution in [2.24, 2.45) is 0 Å². The number of nitrogens with zero attached hydrogens (tertiary/aromatic N) is 1. The van der Waals surface area contributed by atoms with Gasteiger partial charge in [-0.3, -0.25) is 0 Å². The van der Waals surface area contributed by atoms with Gasteiger partial charge in [0.25, 0.3) is 0 Å². The van der Waals surface area contributed by atoms with E-state index in [2.05, 4.69) is 0 Å². The molecule has 0 aliphatic rings. The zero-order valence-corrected chi connectivity index (χ0v) is 14.6. The van der Waals surface area contributed by atoms with Crippen LogP contribution in [-0.4, -0.2) is 37.8 Å². The van der Waals surface area contributed by atoms with Crippen LogP contribution < -0.4 is 5.73 Å². The number of benzene rings is 1. The summed E-state index contributed by atoms with van der Waals surface area (Å²) < 4.78 is 26.7. The molecule has 1 aromatic carbocycles. The maximum Gasteiger partial charge on any atom is 0.244 e. The van der Waals surface area contributed by atoms with Gasteiger partial charge >= 0.3 is 0 Å². The molecule has 0 spiro atoms. The molecule has 1 aromatic rings. The lowest BCUT2D eigenvalue weighted by Gasteiger charge is -2.26. The van der Waals surface area contributed by atoms with Gasteiger partial charge in [0.05, 0.1) is 5.02 Å². The molecule has 0 saturated heterocycles. The molecule has 20 heavy (non-hydrogen) atoms. The van der Waals surface area contributed by atoms with Crippen LogP contribution in [0.5, 0.6) is 0 Å². The predicted molar refractivity (Wildman–Crippen MR) is 88.0 cm³/mol. The normalized spacial score (nSPS) is 13.7. The first-order valence-corrected chi connectivity index (χ1v) is 9.49. The molecule has 0 aromatic heterocycles. The zero-order valence-electron chi connectivity index (χ0n) is 12.2. The minimum absolute atomic E-state index is 0.0615. The molecule has 0 fully saturated rings. The third kappa shape index (κ3) is 3.61. The van der Waals surface area contributed by atoms with E-state index >= 15 is 0 Å². The van der Waals surface area contributed by atoms with Crippen molar-refractivity contribution >= 4 is 39.1 Å². The largest absolute Gasteiger partial charge is 0.398 e. The van der Waals surface area contributed by atoms with Crippen molar-refractivity contribution in [3.63, 3.8) is 0 Å². The number of hydrogen-bond acceptors (Lipinski definition) is 4. The van der Waals surface area contributed by atoms with Gasteiger partial charge in [-0.15, -0.1) is 0 Å². The summed E-state index contributed by atoms with van der Waals surface area (Å²) >= 11 is 7.71. The summed E-state index contributed by atoms with van der Waals surface area (Å²) in [5.41, 5.74) is 7.01. The number of nitrogens with two attached hydrogens (primary N) is 1. The summed E-state index contributed by atoms with van der Waals surface area (Å²) in [5.74, 6) is 0.741. The summed E-state index contributed by atoms with van der Waals surface area (Å²) in [6, 6.07) is 2.97. The van der Waals surface area contributed by atoms with Crippen molar-refractivity contribution in [1.82, 2.24) is 4.31 Å². The fourth-order valence-corrected chi connectivity index (χ4v) is 4.85. The van der Waals surface area contributed by atoms with Crippen molar-refractivity contribution < 1.29 is 8.42 Å². The number of thioether (sulfide) groups is 1. The standard InChI is InChI=1S/C13H21ClN2O2S2/c1-5-10(8-19-4)16(3)20(17,18)13-7-12(15)9(2)6-11(13)14/h6-7,10H,5,8,15H2,1-4H3. The molecule has 1 rings (SSSR count). The minimum Gasteiger partial charge on any atom is -0.398 e. The van der Waals surface area contributed by atoms with Crippen LogP contribution >= 0.6 is 23.4 Å². The monoisotopic (exact) mass is 336 g/mol. The molecule has 1 atom stereocenters. The first kappa shape index (κ1) is 17.6. The number of hydrogen-bond donors (Lipinski definition) is 1.